The summed E-state index contributed by atoms with van der Waals surface area (Å²) in [5, 5.41) is 3.54. The van der Waals surface area contributed by atoms with Crippen LogP contribution >= 0.6 is 0 Å². The number of nitrogens with one attached hydrogen (secondary N) is 1. The standard InChI is InChI=1S/C14H16FN3/c1-2-10-7-13(9-17-14(10)15)18-6-5-11-3-4-12(18)8-16-11/h1,7,9,11-12,16H,3-6,8H2/t11-,12+/m1/s1. The smallest absolute Gasteiger partial charge is 0.228 e. The van der Waals surface area contributed by atoms with Crippen LogP contribution < -0.4 is 10.2 Å². The normalized spacial score (nSPS) is 26.8. The number of rotatable bonds is 1. The Kier molecular flexibility index (Phi) is 2.92. The van der Waals surface area contributed by atoms with Crippen molar-refractivity contribution in [3.8, 4) is 12.3 Å². The summed E-state index contributed by atoms with van der Waals surface area (Å²) in [6.45, 7) is 1.98. The zero-order valence-electron chi connectivity index (χ0n) is 10.2. The molecule has 1 aromatic heterocycles. The molecule has 0 saturated carbocycles. The fourth-order valence-corrected chi connectivity index (χ4v) is 2.93. The fraction of sp³-hybridized carbons (Fsp3) is 0.500. The topological polar surface area (TPSA) is 28.2 Å². The summed E-state index contributed by atoms with van der Waals surface area (Å²) in [7, 11) is 0. The van der Waals surface area contributed by atoms with Gasteiger partial charge >= 0.3 is 0 Å². The van der Waals surface area contributed by atoms with E-state index in [0.717, 1.165) is 25.2 Å². The number of hydrogen-bond acceptors (Lipinski definition) is 3. The summed E-state index contributed by atoms with van der Waals surface area (Å²) in [5.41, 5.74) is 1.19. The monoisotopic (exact) mass is 245 g/mol. The van der Waals surface area contributed by atoms with Gasteiger partial charge in [0.25, 0.3) is 0 Å². The van der Waals surface area contributed by atoms with E-state index < -0.39 is 5.95 Å². The first-order valence-electron chi connectivity index (χ1n) is 6.40. The number of piperidine rings is 1. The van der Waals surface area contributed by atoms with E-state index >= 15 is 0 Å². The molecule has 4 heterocycles. The Balaban J connectivity index is 1.92. The molecule has 1 N–H and O–H groups in total. The van der Waals surface area contributed by atoms with Gasteiger partial charge in [-0.3, -0.25) is 0 Å². The van der Waals surface area contributed by atoms with E-state index in [9.17, 15) is 4.39 Å². The molecule has 0 amide bonds. The number of hydrogen-bond donors (Lipinski definition) is 1. The Bertz CT molecular complexity index is 486. The molecule has 2 bridgehead atoms. The van der Waals surface area contributed by atoms with E-state index in [0.29, 0.717) is 12.1 Å². The van der Waals surface area contributed by atoms with Crippen LogP contribution in [0.2, 0.25) is 0 Å². The third kappa shape index (κ3) is 1.95. The molecule has 3 aliphatic rings. The van der Waals surface area contributed by atoms with Crippen LogP contribution in [0, 0.1) is 18.3 Å². The molecule has 3 nitrogen and oxygen atoms in total. The molecule has 1 aromatic rings. The number of terminal acetylenes is 1. The summed E-state index contributed by atoms with van der Waals surface area (Å²) in [4.78, 5) is 6.08. The van der Waals surface area contributed by atoms with Crippen LogP contribution in [0.25, 0.3) is 0 Å². The van der Waals surface area contributed by atoms with E-state index in [1.165, 1.54) is 12.8 Å². The van der Waals surface area contributed by atoms with Crippen molar-refractivity contribution < 1.29 is 4.39 Å². The van der Waals surface area contributed by atoms with Gasteiger partial charge < -0.3 is 10.2 Å². The van der Waals surface area contributed by atoms with Crippen molar-refractivity contribution in [2.45, 2.75) is 31.3 Å². The molecule has 0 aliphatic carbocycles. The van der Waals surface area contributed by atoms with Gasteiger partial charge in [-0.15, -0.1) is 6.42 Å². The molecule has 94 valence electrons. The Labute approximate surface area is 106 Å². The molecule has 3 fully saturated rings. The third-order valence-corrected chi connectivity index (χ3v) is 3.96. The zero-order valence-corrected chi connectivity index (χ0v) is 10.2. The highest BCUT2D eigenvalue weighted by Crippen LogP contribution is 2.27. The maximum atomic E-state index is 13.3. The van der Waals surface area contributed by atoms with Crippen LogP contribution in [0.1, 0.15) is 24.8 Å². The number of halogens is 1. The van der Waals surface area contributed by atoms with Crippen molar-refractivity contribution in [2.24, 2.45) is 0 Å². The maximum Gasteiger partial charge on any atom is 0.228 e. The highest BCUT2D eigenvalue weighted by molar-refractivity contribution is 5.51. The van der Waals surface area contributed by atoms with Crippen molar-refractivity contribution in [2.75, 3.05) is 18.0 Å². The van der Waals surface area contributed by atoms with Gasteiger partial charge in [-0.05, 0) is 25.3 Å². The number of nitrogens with zero attached hydrogens (tertiary/aromatic N) is 2. The quantitative estimate of drug-likeness (QED) is 0.601. The maximum absolute atomic E-state index is 13.3. The summed E-state index contributed by atoms with van der Waals surface area (Å²) in [5.74, 6) is 1.80. The van der Waals surface area contributed by atoms with Gasteiger partial charge in [0.2, 0.25) is 5.95 Å². The Morgan fingerprint density at radius 1 is 1.44 bits per heavy atom. The minimum Gasteiger partial charge on any atom is -0.366 e. The molecule has 3 saturated heterocycles. The number of fused-ring (bicyclic) bond motifs is 4. The average Bonchev–Trinajstić information content (AvgIpc) is 2.73. The molecule has 3 aliphatic heterocycles. The molecule has 2 atom stereocenters. The molecule has 4 rings (SSSR count). The van der Waals surface area contributed by atoms with Crippen molar-refractivity contribution in [3.05, 3.63) is 23.8 Å². The van der Waals surface area contributed by atoms with Gasteiger partial charge in [0.05, 0.1) is 17.4 Å². The minimum absolute atomic E-state index is 0.249. The van der Waals surface area contributed by atoms with Crippen molar-refractivity contribution in [1.82, 2.24) is 10.3 Å². The first-order valence-corrected chi connectivity index (χ1v) is 6.40. The second-order valence-electron chi connectivity index (χ2n) is 4.99. The Hall–Kier alpha value is -1.60. The van der Waals surface area contributed by atoms with Gasteiger partial charge in [-0.25, -0.2) is 4.98 Å². The van der Waals surface area contributed by atoms with Crippen LogP contribution in [0.15, 0.2) is 12.3 Å². The molecule has 4 heteroatoms. The van der Waals surface area contributed by atoms with E-state index in [1.54, 1.807) is 12.3 Å². The summed E-state index contributed by atoms with van der Waals surface area (Å²) in [6.07, 6.45) is 10.4. The Morgan fingerprint density at radius 2 is 2.33 bits per heavy atom. The number of pyridine rings is 1. The summed E-state index contributed by atoms with van der Waals surface area (Å²) >= 11 is 0. The predicted molar refractivity (Wildman–Crippen MR) is 68.9 cm³/mol. The highest BCUT2D eigenvalue weighted by Gasteiger charge is 2.30. The average molecular weight is 245 g/mol. The molecule has 18 heavy (non-hydrogen) atoms. The fourth-order valence-electron chi connectivity index (χ4n) is 2.93. The summed E-state index contributed by atoms with van der Waals surface area (Å²) < 4.78 is 13.3. The lowest BCUT2D eigenvalue weighted by Crippen LogP contribution is -2.44. The first kappa shape index (κ1) is 11.5. The van der Waals surface area contributed by atoms with Crippen molar-refractivity contribution >= 4 is 5.69 Å². The lowest BCUT2D eigenvalue weighted by Gasteiger charge is -2.33. The van der Waals surface area contributed by atoms with Crippen LogP contribution in [0.4, 0.5) is 10.1 Å². The van der Waals surface area contributed by atoms with Gasteiger partial charge in [0.15, 0.2) is 0 Å². The van der Waals surface area contributed by atoms with Gasteiger partial charge in [0, 0.05) is 25.2 Å². The number of anilines is 1. The molecular formula is C14H16FN3. The van der Waals surface area contributed by atoms with Crippen molar-refractivity contribution in [3.63, 3.8) is 0 Å². The van der Waals surface area contributed by atoms with E-state index in [2.05, 4.69) is 21.1 Å². The Morgan fingerprint density at radius 3 is 3.06 bits per heavy atom. The van der Waals surface area contributed by atoms with Gasteiger partial charge in [-0.2, -0.15) is 4.39 Å². The van der Waals surface area contributed by atoms with E-state index in [4.69, 9.17) is 6.42 Å². The zero-order chi connectivity index (χ0) is 12.5. The predicted octanol–water partition coefficient (Wildman–Crippen LogP) is 1.53. The third-order valence-electron chi connectivity index (χ3n) is 3.96. The minimum atomic E-state index is -0.557. The number of aromatic nitrogens is 1. The molecule has 0 radical (unpaired) electrons. The molecular weight excluding hydrogens is 229 g/mol. The first-order chi connectivity index (χ1) is 8.78. The molecule has 0 unspecified atom stereocenters. The second-order valence-corrected chi connectivity index (χ2v) is 4.99. The largest absolute Gasteiger partial charge is 0.366 e. The molecule has 0 aromatic carbocycles. The SMILES string of the molecule is C#Cc1cc(N2CC[C@H]3CC[C@H]2CN3)cnc1F. The molecule has 0 spiro atoms. The van der Waals surface area contributed by atoms with Crippen LogP contribution in [0.5, 0.6) is 0 Å². The van der Waals surface area contributed by atoms with Crippen LogP contribution in [-0.4, -0.2) is 30.2 Å². The van der Waals surface area contributed by atoms with Gasteiger partial charge in [-0.1, -0.05) is 5.92 Å². The van der Waals surface area contributed by atoms with Crippen molar-refractivity contribution in [1.29, 1.82) is 0 Å². The van der Waals surface area contributed by atoms with Crippen LogP contribution in [0.3, 0.4) is 0 Å². The van der Waals surface area contributed by atoms with Crippen LogP contribution in [-0.2, 0) is 0 Å². The van der Waals surface area contributed by atoms with Gasteiger partial charge in [0.1, 0.15) is 0 Å². The van der Waals surface area contributed by atoms with E-state index in [1.807, 2.05) is 0 Å². The van der Waals surface area contributed by atoms with E-state index in [-0.39, 0.29) is 5.56 Å². The summed E-state index contributed by atoms with van der Waals surface area (Å²) in [6, 6.07) is 2.84. The highest BCUT2D eigenvalue weighted by atomic mass is 19.1. The second kappa shape index (κ2) is 4.58. The lowest BCUT2D eigenvalue weighted by atomic mass is 10.0. The lowest BCUT2D eigenvalue weighted by molar-refractivity contribution is 0.392.